The van der Waals surface area contributed by atoms with Gasteiger partial charge in [0.1, 0.15) is 11.6 Å². The van der Waals surface area contributed by atoms with Gasteiger partial charge in [0.05, 0.1) is 16.7 Å². The molecule has 0 bridgehead atoms. The Morgan fingerprint density at radius 2 is 1.95 bits per heavy atom. The largest absolute Gasteiger partial charge is 0.508 e. The van der Waals surface area contributed by atoms with Gasteiger partial charge in [-0.25, -0.2) is 9.82 Å². The quantitative estimate of drug-likeness (QED) is 0.513. The van der Waals surface area contributed by atoms with Crippen molar-refractivity contribution in [2.45, 2.75) is 0 Å². The normalized spacial score (nSPS) is 10.6. The summed E-state index contributed by atoms with van der Waals surface area (Å²) in [5.74, 6) is -1.24. The molecule has 22 heavy (non-hydrogen) atoms. The number of nitro groups is 1. The molecule has 2 aromatic carbocycles. The molecule has 8 heteroatoms. The summed E-state index contributed by atoms with van der Waals surface area (Å²) in [6.07, 6.45) is 1.04. The van der Waals surface area contributed by atoms with Crippen molar-refractivity contribution in [2.24, 2.45) is 5.10 Å². The monoisotopic (exact) mass is 303 g/mol. The highest BCUT2D eigenvalue weighted by atomic mass is 19.1. The first-order valence-corrected chi connectivity index (χ1v) is 6.04. The van der Waals surface area contributed by atoms with Crippen LogP contribution in [0.15, 0.2) is 47.6 Å². The smallest absolute Gasteiger partial charge is 0.278 e. The molecule has 1 amide bonds. The molecule has 7 nitrogen and oxygen atoms in total. The van der Waals surface area contributed by atoms with E-state index < -0.39 is 16.6 Å². The first kappa shape index (κ1) is 15.1. The number of nitrogens with one attached hydrogen (secondary N) is 1. The lowest BCUT2D eigenvalue weighted by atomic mass is 10.2. The summed E-state index contributed by atoms with van der Waals surface area (Å²) in [5.41, 5.74) is 2.11. The van der Waals surface area contributed by atoms with Gasteiger partial charge in [0.25, 0.3) is 11.6 Å². The number of nitro benzene ring substituents is 1. The van der Waals surface area contributed by atoms with Gasteiger partial charge in [-0.1, -0.05) is 0 Å². The third kappa shape index (κ3) is 3.63. The Morgan fingerprint density at radius 3 is 2.59 bits per heavy atom. The van der Waals surface area contributed by atoms with Crippen molar-refractivity contribution < 1.29 is 19.2 Å². The number of benzene rings is 2. The number of aromatic hydroxyl groups is 1. The van der Waals surface area contributed by atoms with Crippen LogP contribution in [0.4, 0.5) is 10.1 Å². The molecule has 0 radical (unpaired) electrons. The molecule has 0 fully saturated rings. The fraction of sp³-hybridized carbons (Fsp3) is 0. The maximum atomic E-state index is 12.7. The molecule has 0 spiro atoms. The van der Waals surface area contributed by atoms with Crippen LogP contribution in [0, 0.1) is 15.9 Å². The molecule has 0 aliphatic carbocycles. The number of carbonyl (C=O) groups is 1. The van der Waals surface area contributed by atoms with Crippen molar-refractivity contribution in [2.75, 3.05) is 0 Å². The Labute approximate surface area is 123 Å². The van der Waals surface area contributed by atoms with Gasteiger partial charge >= 0.3 is 0 Å². The summed E-state index contributed by atoms with van der Waals surface area (Å²) in [7, 11) is 0. The van der Waals surface area contributed by atoms with E-state index in [2.05, 4.69) is 10.5 Å². The van der Waals surface area contributed by atoms with Gasteiger partial charge < -0.3 is 5.11 Å². The summed E-state index contributed by atoms with van der Waals surface area (Å²) >= 11 is 0. The van der Waals surface area contributed by atoms with Gasteiger partial charge in [0.15, 0.2) is 0 Å². The Morgan fingerprint density at radius 1 is 1.27 bits per heavy atom. The molecule has 0 atom stereocenters. The van der Waals surface area contributed by atoms with E-state index in [-0.39, 0.29) is 22.6 Å². The zero-order chi connectivity index (χ0) is 16.1. The summed E-state index contributed by atoms with van der Waals surface area (Å²) in [5, 5.41) is 23.7. The van der Waals surface area contributed by atoms with Gasteiger partial charge in [-0.15, -0.1) is 0 Å². The average molecular weight is 303 g/mol. The number of hydrogen-bond acceptors (Lipinski definition) is 5. The van der Waals surface area contributed by atoms with Gasteiger partial charge in [-0.2, -0.15) is 5.10 Å². The van der Waals surface area contributed by atoms with Crippen LogP contribution in [0.2, 0.25) is 0 Å². The minimum Gasteiger partial charge on any atom is -0.508 e. The van der Waals surface area contributed by atoms with Crippen LogP contribution in [-0.4, -0.2) is 22.2 Å². The number of phenolic OH excluding ortho intramolecular Hbond substituents is 1. The first-order chi connectivity index (χ1) is 10.5. The number of halogens is 1. The second-order valence-corrected chi connectivity index (χ2v) is 4.21. The predicted octanol–water partition coefficient (Wildman–Crippen LogP) is 2.20. The molecule has 0 aliphatic heterocycles. The summed E-state index contributed by atoms with van der Waals surface area (Å²) in [4.78, 5) is 21.9. The van der Waals surface area contributed by atoms with Crippen molar-refractivity contribution >= 4 is 17.8 Å². The molecule has 0 aliphatic rings. The van der Waals surface area contributed by atoms with Crippen LogP contribution in [-0.2, 0) is 0 Å². The summed E-state index contributed by atoms with van der Waals surface area (Å²) < 4.78 is 12.7. The minimum absolute atomic E-state index is 0.0319. The number of carbonyl (C=O) groups excluding carboxylic acids is 1. The zero-order valence-corrected chi connectivity index (χ0v) is 11.1. The van der Waals surface area contributed by atoms with Gasteiger partial charge in [-0.3, -0.25) is 14.9 Å². The molecular formula is C14H10FN3O4. The summed E-state index contributed by atoms with van der Waals surface area (Å²) in [6.45, 7) is 0. The van der Waals surface area contributed by atoms with E-state index in [1.54, 1.807) is 0 Å². The Kier molecular flexibility index (Phi) is 4.42. The predicted molar refractivity (Wildman–Crippen MR) is 76.2 cm³/mol. The van der Waals surface area contributed by atoms with Gasteiger partial charge in [0, 0.05) is 11.6 Å². The minimum atomic E-state index is -0.636. The van der Waals surface area contributed by atoms with Crippen LogP contribution in [0.3, 0.4) is 0 Å². The molecule has 0 saturated heterocycles. The number of hydrogen-bond donors (Lipinski definition) is 2. The van der Waals surface area contributed by atoms with E-state index in [9.17, 15) is 24.4 Å². The lowest BCUT2D eigenvalue weighted by molar-refractivity contribution is -0.385. The molecule has 2 N–H and O–H groups in total. The van der Waals surface area contributed by atoms with E-state index in [4.69, 9.17) is 0 Å². The molecule has 112 valence electrons. The highest BCUT2D eigenvalue weighted by Crippen LogP contribution is 2.21. The number of rotatable bonds is 4. The van der Waals surface area contributed by atoms with Crippen molar-refractivity contribution in [1.29, 1.82) is 0 Å². The maximum absolute atomic E-state index is 12.7. The van der Waals surface area contributed by atoms with Crippen LogP contribution in [0.25, 0.3) is 0 Å². The number of amides is 1. The van der Waals surface area contributed by atoms with Crippen molar-refractivity contribution in [3.63, 3.8) is 0 Å². The Balaban J connectivity index is 2.12. The molecule has 0 heterocycles. The maximum Gasteiger partial charge on any atom is 0.278 e. The fourth-order valence-electron chi connectivity index (χ4n) is 1.64. The average Bonchev–Trinajstić information content (AvgIpc) is 2.47. The lowest BCUT2D eigenvalue weighted by Crippen LogP contribution is -2.17. The second kappa shape index (κ2) is 6.44. The third-order valence-corrected chi connectivity index (χ3v) is 2.68. The number of nitrogens with zero attached hydrogens (tertiary/aromatic N) is 2. The highest BCUT2D eigenvalue weighted by molar-refractivity contribution is 5.95. The Hall–Kier alpha value is -3.29. The van der Waals surface area contributed by atoms with E-state index in [0.717, 1.165) is 30.5 Å². The van der Waals surface area contributed by atoms with E-state index in [1.807, 2.05) is 0 Å². The SMILES string of the molecule is O=C(N/N=C\c1cc(O)ccc1[N+](=O)[O-])c1ccc(F)cc1. The molecular weight excluding hydrogens is 293 g/mol. The fourth-order valence-corrected chi connectivity index (χ4v) is 1.64. The second-order valence-electron chi connectivity index (χ2n) is 4.21. The van der Waals surface area contributed by atoms with E-state index in [0.29, 0.717) is 0 Å². The molecule has 0 saturated carbocycles. The highest BCUT2D eigenvalue weighted by Gasteiger charge is 2.12. The Bertz CT molecular complexity index is 744. The summed E-state index contributed by atoms with van der Waals surface area (Å²) in [6, 6.07) is 8.24. The van der Waals surface area contributed by atoms with Crippen LogP contribution >= 0.6 is 0 Å². The number of phenols is 1. The first-order valence-electron chi connectivity index (χ1n) is 6.04. The van der Waals surface area contributed by atoms with Crippen molar-refractivity contribution in [1.82, 2.24) is 5.43 Å². The molecule has 2 aromatic rings. The lowest BCUT2D eigenvalue weighted by Gasteiger charge is -2.00. The van der Waals surface area contributed by atoms with Gasteiger partial charge in [-0.05, 0) is 36.4 Å². The standard InChI is InChI=1S/C14H10FN3O4/c15-11-3-1-9(2-4-11)14(20)17-16-8-10-7-12(19)5-6-13(10)18(21)22/h1-8,19H,(H,17,20)/b16-8-. The van der Waals surface area contributed by atoms with Gasteiger partial charge in [0.2, 0.25) is 0 Å². The molecule has 0 unspecified atom stereocenters. The van der Waals surface area contributed by atoms with Crippen molar-refractivity contribution in [3.8, 4) is 5.75 Å². The van der Waals surface area contributed by atoms with Crippen LogP contribution < -0.4 is 5.43 Å². The van der Waals surface area contributed by atoms with E-state index in [1.165, 1.54) is 18.2 Å². The topological polar surface area (TPSA) is 105 Å². The van der Waals surface area contributed by atoms with Crippen molar-refractivity contribution in [3.05, 3.63) is 69.5 Å². The molecule has 2 rings (SSSR count). The molecule has 0 aromatic heterocycles. The van der Waals surface area contributed by atoms with E-state index >= 15 is 0 Å². The van der Waals surface area contributed by atoms with Crippen LogP contribution in [0.1, 0.15) is 15.9 Å². The number of hydrazone groups is 1. The zero-order valence-electron chi connectivity index (χ0n) is 11.1. The third-order valence-electron chi connectivity index (χ3n) is 2.68. The van der Waals surface area contributed by atoms with Crippen LogP contribution in [0.5, 0.6) is 5.75 Å².